The number of aromatic nitrogens is 2. The summed E-state index contributed by atoms with van der Waals surface area (Å²) < 4.78 is 1.39. The van der Waals surface area contributed by atoms with Crippen molar-refractivity contribution in [1.82, 2.24) is 14.9 Å². The minimum absolute atomic E-state index is 0.0139. The van der Waals surface area contributed by atoms with E-state index in [-0.39, 0.29) is 30.2 Å². The van der Waals surface area contributed by atoms with E-state index in [2.05, 4.69) is 10.3 Å². The van der Waals surface area contributed by atoms with E-state index in [1.165, 1.54) is 4.57 Å². The monoisotopic (exact) mass is 340 g/mol. The van der Waals surface area contributed by atoms with Gasteiger partial charge in [0, 0.05) is 6.42 Å². The molecular formula is C18H20N4O3. The molecule has 0 bridgehead atoms. The Bertz CT molecular complexity index is 943. The summed E-state index contributed by atoms with van der Waals surface area (Å²) in [6.07, 6.45) is 2.03. The van der Waals surface area contributed by atoms with Gasteiger partial charge in [0.25, 0.3) is 5.56 Å². The molecule has 2 aromatic rings. The Morgan fingerprint density at radius 1 is 1.36 bits per heavy atom. The van der Waals surface area contributed by atoms with E-state index in [4.69, 9.17) is 5.73 Å². The first-order chi connectivity index (χ1) is 11.9. The summed E-state index contributed by atoms with van der Waals surface area (Å²) in [6, 6.07) is 6.20. The number of rotatable bonds is 4. The van der Waals surface area contributed by atoms with E-state index < -0.39 is 11.9 Å². The maximum atomic E-state index is 13.0. The third kappa shape index (κ3) is 3.17. The van der Waals surface area contributed by atoms with Crippen molar-refractivity contribution in [2.45, 2.75) is 32.7 Å². The molecule has 3 rings (SSSR count). The first kappa shape index (κ1) is 16.9. The number of benzene rings is 1. The Morgan fingerprint density at radius 3 is 2.76 bits per heavy atom. The minimum atomic E-state index is -0.809. The SMILES string of the molecule is CC(C)C=C1NC(=O)[C@H](CCC(N)=O)n2c1nc1ccccc1c2=O. The zero-order valence-electron chi connectivity index (χ0n) is 14.2. The Morgan fingerprint density at radius 2 is 2.08 bits per heavy atom. The van der Waals surface area contributed by atoms with Gasteiger partial charge < -0.3 is 11.1 Å². The Kier molecular flexibility index (Phi) is 4.39. The number of carbonyl (C=O) groups excluding carboxylic acids is 2. The van der Waals surface area contributed by atoms with E-state index in [1.807, 2.05) is 26.0 Å². The maximum Gasteiger partial charge on any atom is 0.262 e. The minimum Gasteiger partial charge on any atom is -0.370 e. The summed E-state index contributed by atoms with van der Waals surface area (Å²) in [4.78, 5) is 41.3. The summed E-state index contributed by atoms with van der Waals surface area (Å²) in [6.45, 7) is 3.95. The molecule has 3 N–H and O–H groups in total. The van der Waals surface area contributed by atoms with Crippen LogP contribution < -0.4 is 16.6 Å². The number of hydrogen-bond acceptors (Lipinski definition) is 4. The zero-order chi connectivity index (χ0) is 18.1. The molecule has 1 aliphatic heterocycles. The number of amides is 2. The van der Waals surface area contributed by atoms with Crippen molar-refractivity contribution >= 4 is 28.4 Å². The molecule has 0 saturated carbocycles. The fourth-order valence-corrected chi connectivity index (χ4v) is 3.00. The number of fused-ring (bicyclic) bond motifs is 2. The fourth-order valence-electron chi connectivity index (χ4n) is 3.00. The highest BCUT2D eigenvalue weighted by Gasteiger charge is 2.32. The van der Waals surface area contributed by atoms with Gasteiger partial charge in [-0.1, -0.05) is 32.1 Å². The van der Waals surface area contributed by atoms with E-state index >= 15 is 0 Å². The molecule has 0 saturated heterocycles. The van der Waals surface area contributed by atoms with Crippen LogP contribution in [0.1, 0.15) is 38.6 Å². The lowest BCUT2D eigenvalue weighted by atomic mass is 10.0. The van der Waals surface area contributed by atoms with Crippen LogP contribution in [0.25, 0.3) is 16.6 Å². The molecule has 1 aromatic heterocycles. The Labute approximate surface area is 144 Å². The number of nitrogens with two attached hydrogens (primary N) is 1. The van der Waals surface area contributed by atoms with Crippen LogP contribution in [-0.4, -0.2) is 21.4 Å². The summed E-state index contributed by atoms with van der Waals surface area (Å²) >= 11 is 0. The summed E-state index contributed by atoms with van der Waals surface area (Å²) in [5, 5.41) is 3.26. The number of primary amides is 1. The molecular weight excluding hydrogens is 320 g/mol. The van der Waals surface area contributed by atoms with Gasteiger partial charge in [-0.3, -0.25) is 19.0 Å². The van der Waals surface area contributed by atoms with Crippen molar-refractivity contribution in [2.75, 3.05) is 0 Å². The number of nitrogens with one attached hydrogen (secondary N) is 1. The van der Waals surface area contributed by atoms with Gasteiger partial charge >= 0.3 is 0 Å². The molecule has 7 nitrogen and oxygen atoms in total. The average molecular weight is 340 g/mol. The number of hydrogen-bond donors (Lipinski definition) is 2. The lowest BCUT2D eigenvalue weighted by Crippen LogP contribution is -2.44. The molecule has 0 spiro atoms. The fraction of sp³-hybridized carbons (Fsp3) is 0.333. The van der Waals surface area contributed by atoms with Crippen LogP contribution in [0, 0.1) is 5.92 Å². The van der Waals surface area contributed by atoms with Gasteiger partial charge in [-0.25, -0.2) is 4.98 Å². The third-order valence-corrected chi connectivity index (χ3v) is 4.09. The van der Waals surface area contributed by atoms with Crippen LogP contribution in [0.4, 0.5) is 0 Å². The van der Waals surface area contributed by atoms with Gasteiger partial charge in [0.15, 0.2) is 5.82 Å². The van der Waals surface area contributed by atoms with Gasteiger partial charge in [0.05, 0.1) is 16.6 Å². The highest BCUT2D eigenvalue weighted by molar-refractivity contribution is 5.93. The quantitative estimate of drug-likeness (QED) is 0.875. The molecule has 2 heterocycles. The van der Waals surface area contributed by atoms with Gasteiger partial charge in [0.2, 0.25) is 11.8 Å². The maximum absolute atomic E-state index is 13.0. The smallest absolute Gasteiger partial charge is 0.262 e. The zero-order valence-corrected chi connectivity index (χ0v) is 14.2. The second-order valence-electron chi connectivity index (χ2n) is 6.46. The molecule has 0 aliphatic carbocycles. The van der Waals surface area contributed by atoms with Crippen molar-refractivity contribution < 1.29 is 9.59 Å². The van der Waals surface area contributed by atoms with Gasteiger partial charge in [-0.2, -0.15) is 0 Å². The van der Waals surface area contributed by atoms with E-state index in [1.54, 1.807) is 18.2 Å². The van der Waals surface area contributed by atoms with Gasteiger partial charge in [-0.15, -0.1) is 0 Å². The molecule has 0 radical (unpaired) electrons. The second kappa shape index (κ2) is 6.51. The first-order valence-electron chi connectivity index (χ1n) is 8.21. The van der Waals surface area contributed by atoms with Gasteiger partial charge in [0.1, 0.15) is 6.04 Å². The molecule has 25 heavy (non-hydrogen) atoms. The van der Waals surface area contributed by atoms with Crippen LogP contribution in [0.2, 0.25) is 0 Å². The molecule has 2 amide bonds. The molecule has 0 fully saturated rings. The molecule has 7 heteroatoms. The Balaban J connectivity index is 2.26. The predicted octanol–water partition coefficient (Wildman–Crippen LogP) is 1.33. The van der Waals surface area contributed by atoms with E-state index in [0.717, 1.165) is 0 Å². The molecule has 130 valence electrons. The average Bonchev–Trinajstić information content (AvgIpc) is 2.54. The predicted molar refractivity (Wildman–Crippen MR) is 94.4 cm³/mol. The summed E-state index contributed by atoms with van der Waals surface area (Å²) in [5.41, 5.74) is 6.00. The van der Waals surface area contributed by atoms with Crippen LogP contribution in [-0.2, 0) is 9.59 Å². The van der Waals surface area contributed by atoms with Gasteiger partial charge in [-0.05, 0) is 24.5 Å². The second-order valence-corrected chi connectivity index (χ2v) is 6.46. The highest BCUT2D eigenvalue weighted by atomic mass is 16.2. The largest absolute Gasteiger partial charge is 0.370 e. The third-order valence-electron chi connectivity index (χ3n) is 4.09. The number of allylic oxidation sites excluding steroid dienone is 1. The topological polar surface area (TPSA) is 107 Å². The lowest BCUT2D eigenvalue weighted by molar-refractivity contribution is -0.124. The van der Waals surface area contributed by atoms with Crippen molar-refractivity contribution in [2.24, 2.45) is 11.7 Å². The summed E-state index contributed by atoms with van der Waals surface area (Å²) in [5.74, 6) is -0.278. The van der Waals surface area contributed by atoms with Crippen molar-refractivity contribution in [3.05, 3.63) is 46.5 Å². The Hall–Kier alpha value is -2.96. The van der Waals surface area contributed by atoms with Crippen molar-refractivity contribution in [3.8, 4) is 0 Å². The molecule has 1 aromatic carbocycles. The first-order valence-corrected chi connectivity index (χ1v) is 8.21. The summed E-state index contributed by atoms with van der Waals surface area (Å²) in [7, 11) is 0. The van der Waals surface area contributed by atoms with Crippen LogP contribution >= 0.6 is 0 Å². The lowest BCUT2D eigenvalue weighted by Gasteiger charge is -2.29. The van der Waals surface area contributed by atoms with Crippen molar-refractivity contribution in [3.63, 3.8) is 0 Å². The standard InChI is InChI=1S/C18H20N4O3/c1-10(2)9-13-16-20-12-6-4-3-5-11(12)18(25)22(16)14(17(24)21-13)7-8-15(19)23/h3-6,9-10,14H,7-8H2,1-2H3,(H2,19,23)(H,21,24)/t14-/m0/s1. The van der Waals surface area contributed by atoms with Crippen LogP contribution in [0.15, 0.2) is 35.1 Å². The highest BCUT2D eigenvalue weighted by Crippen LogP contribution is 2.26. The number of nitrogens with zero attached hydrogens (tertiary/aromatic N) is 2. The molecule has 0 unspecified atom stereocenters. The molecule has 1 aliphatic rings. The van der Waals surface area contributed by atoms with Crippen molar-refractivity contribution in [1.29, 1.82) is 0 Å². The number of carbonyl (C=O) groups is 2. The van der Waals surface area contributed by atoms with Crippen LogP contribution in [0.5, 0.6) is 0 Å². The van der Waals surface area contributed by atoms with Crippen LogP contribution in [0.3, 0.4) is 0 Å². The molecule has 1 atom stereocenters. The number of para-hydroxylation sites is 1. The van der Waals surface area contributed by atoms with E-state index in [0.29, 0.717) is 22.4 Å². The normalized spacial score (nSPS) is 18.4. The van der Waals surface area contributed by atoms with E-state index in [9.17, 15) is 14.4 Å².